The van der Waals surface area contributed by atoms with E-state index >= 15 is 0 Å². The maximum absolute atomic E-state index is 5.42. The molecule has 2 aromatic carbocycles. The second-order valence-electron chi connectivity index (χ2n) is 6.66. The number of hydrogen-bond acceptors (Lipinski definition) is 5. The highest BCUT2D eigenvalue weighted by Gasteiger charge is 2.17. The van der Waals surface area contributed by atoms with Crippen LogP contribution in [0.15, 0.2) is 54.6 Å². The zero-order valence-corrected chi connectivity index (χ0v) is 17.4. The highest BCUT2D eigenvalue weighted by Crippen LogP contribution is 2.28. The van der Waals surface area contributed by atoms with Gasteiger partial charge in [-0.3, -0.25) is 10.00 Å². The zero-order chi connectivity index (χ0) is 19.5. The van der Waals surface area contributed by atoms with Gasteiger partial charge in [0.2, 0.25) is 4.77 Å². The Morgan fingerprint density at radius 2 is 1.86 bits per heavy atom. The summed E-state index contributed by atoms with van der Waals surface area (Å²) >= 11 is 7.16. The first-order chi connectivity index (χ1) is 13.6. The normalized spacial score (nSPS) is 13.0. The topological polar surface area (TPSA) is 49.7 Å². The maximum atomic E-state index is 5.42. The minimum atomic E-state index is 0.172. The van der Waals surface area contributed by atoms with Crippen LogP contribution in [0, 0.1) is 4.77 Å². The first kappa shape index (κ1) is 18.7. The van der Waals surface area contributed by atoms with Gasteiger partial charge in [-0.15, -0.1) is 11.3 Å². The summed E-state index contributed by atoms with van der Waals surface area (Å²) < 4.78 is 3.63. The van der Waals surface area contributed by atoms with Gasteiger partial charge in [-0.25, -0.2) is 9.67 Å². The molecule has 28 heavy (non-hydrogen) atoms. The summed E-state index contributed by atoms with van der Waals surface area (Å²) in [5, 5.41) is 4.37. The number of thiazole rings is 1. The number of hydrogen-bond donors (Lipinski definition) is 1. The molecule has 4 rings (SSSR count). The fraction of sp³-hybridized carbons (Fsp3) is 0.190. The van der Waals surface area contributed by atoms with Crippen LogP contribution >= 0.6 is 23.6 Å². The summed E-state index contributed by atoms with van der Waals surface area (Å²) in [5.41, 5.74) is 2.17. The van der Waals surface area contributed by atoms with Gasteiger partial charge in [0.05, 0.1) is 22.9 Å². The Hall–Kier alpha value is -2.61. The van der Waals surface area contributed by atoms with E-state index in [9.17, 15) is 0 Å². The number of H-pyrrole nitrogens is 1. The molecule has 5 nitrogen and oxygen atoms in total. The van der Waals surface area contributed by atoms with Crippen LogP contribution in [0.3, 0.4) is 0 Å². The monoisotopic (exact) mass is 407 g/mol. The highest BCUT2D eigenvalue weighted by molar-refractivity contribution is 7.71. The van der Waals surface area contributed by atoms with Crippen molar-refractivity contribution in [3.8, 4) is 0 Å². The Bertz CT molecular complexity index is 1120. The molecule has 0 aliphatic carbocycles. The van der Waals surface area contributed by atoms with E-state index in [2.05, 4.69) is 53.2 Å². The Kier molecular flexibility index (Phi) is 5.47. The van der Waals surface area contributed by atoms with Crippen LogP contribution in [0.1, 0.15) is 29.4 Å². The van der Waals surface area contributed by atoms with Gasteiger partial charge in [0.1, 0.15) is 10.8 Å². The number of para-hydroxylation sites is 1. The van der Waals surface area contributed by atoms with Gasteiger partial charge in [-0.05, 0) is 50.0 Å². The van der Waals surface area contributed by atoms with E-state index in [1.54, 1.807) is 11.3 Å². The van der Waals surface area contributed by atoms with Crippen molar-refractivity contribution in [1.29, 1.82) is 0 Å². The summed E-state index contributed by atoms with van der Waals surface area (Å²) in [7, 11) is 2.07. The van der Waals surface area contributed by atoms with Crippen molar-refractivity contribution in [2.45, 2.75) is 19.6 Å². The van der Waals surface area contributed by atoms with E-state index in [4.69, 9.17) is 17.2 Å². The van der Waals surface area contributed by atoms with Crippen LogP contribution in [0.2, 0.25) is 0 Å². The molecule has 0 bridgehead atoms. The van der Waals surface area contributed by atoms with Crippen LogP contribution in [0.5, 0.6) is 0 Å². The molecule has 7 heteroatoms. The molecule has 0 amide bonds. The van der Waals surface area contributed by atoms with Crippen LogP contribution < -0.4 is 0 Å². The van der Waals surface area contributed by atoms with Crippen LogP contribution in [0.25, 0.3) is 22.4 Å². The third-order valence-electron chi connectivity index (χ3n) is 4.62. The summed E-state index contributed by atoms with van der Waals surface area (Å²) in [4.78, 5) is 11.4. The fourth-order valence-corrected chi connectivity index (χ4v) is 4.17. The standard InChI is InChI=1S/C21H21N5S2/c1-15(20-22-17-10-6-7-11-18(17)28-20)25(2)14-26-21(27)23-19(24-26)13-12-16-8-4-3-5-9-16/h3-13,15H,14H2,1-2H3,(H,23,24,27). The van der Waals surface area contributed by atoms with Gasteiger partial charge in [0.15, 0.2) is 0 Å². The first-order valence-corrected chi connectivity index (χ1v) is 10.3. The van der Waals surface area contributed by atoms with Crippen LogP contribution in [-0.4, -0.2) is 31.7 Å². The molecule has 1 atom stereocenters. The van der Waals surface area contributed by atoms with Gasteiger partial charge >= 0.3 is 0 Å². The first-order valence-electron chi connectivity index (χ1n) is 9.06. The number of fused-ring (bicyclic) bond motifs is 1. The van der Waals surface area contributed by atoms with Crippen molar-refractivity contribution in [3.63, 3.8) is 0 Å². The van der Waals surface area contributed by atoms with Crippen LogP contribution in [0.4, 0.5) is 0 Å². The molecule has 0 saturated heterocycles. The second-order valence-corrected chi connectivity index (χ2v) is 8.09. The van der Waals surface area contributed by atoms with Crippen molar-refractivity contribution >= 4 is 45.9 Å². The van der Waals surface area contributed by atoms with Crippen molar-refractivity contribution in [1.82, 2.24) is 24.6 Å². The number of rotatable bonds is 6. The number of nitrogens with zero attached hydrogens (tertiary/aromatic N) is 4. The highest BCUT2D eigenvalue weighted by atomic mass is 32.1. The summed E-state index contributed by atoms with van der Waals surface area (Å²) in [6.07, 6.45) is 3.96. The van der Waals surface area contributed by atoms with Crippen molar-refractivity contribution in [3.05, 3.63) is 75.8 Å². The second kappa shape index (κ2) is 8.18. The van der Waals surface area contributed by atoms with E-state index in [0.717, 1.165) is 21.9 Å². The molecule has 1 unspecified atom stereocenters. The molecular formula is C21H21N5S2. The lowest BCUT2D eigenvalue weighted by Crippen LogP contribution is -2.26. The lowest BCUT2D eigenvalue weighted by molar-refractivity contribution is 0.194. The minimum absolute atomic E-state index is 0.172. The molecule has 0 saturated carbocycles. The fourth-order valence-electron chi connectivity index (χ4n) is 2.89. The van der Waals surface area contributed by atoms with E-state index in [-0.39, 0.29) is 6.04 Å². The minimum Gasteiger partial charge on any atom is -0.278 e. The molecular weight excluding hydrogens is 386 g/mol. The van der Waals surface area contributed by atoms with Gasteiger partial charge in [-0.1, -0.05) is 48.5 Å². The Labute approximate surface area is 173 Å². The van der Waals surface area contributed by atoms with E-state index in [0.29, 0.717) is 11.4 Å². The number of aromatic amines is 1. The average Bonchev–Trinajstić information content (AvgIpc) is 3.30. The van der Waals surface area contributed by atoms with Gasteiger partial charge in [0, 0.05) is 0 Å². The van der Waals surface area contributed by atoms with Crippen molar-refractivity contribution in [2.24, 2.45) is 0 Å². The van der Waals surface area contributed by atoms with E-state index in [1.165, 1.54) is 4.70 Å². The van der Waals surface area contributed by atoms with Gasteiger partial charge in [0.25, 0.3) is 0 Å². The third-order valence-corrected chi connectivity index (χ3v) is 6.14. The predicted octanol–water partition coefficient (Wildman–Crippen LogP) is 5.37. The number of aromatic nitrogens is 4. The maximum Gasteiger partial charge on any atom is 0.217 e. The summed E-state index contributed by atoms with van der Waals surface area (Å²) in [6.45, 7) is 2.77. The molecule has 2 aromatic heterocycles. The van der Waals surface area contributed by atoms with Gasteiger partial charge in [-0.2, -0.15) is 4.98 Å². The predicted molar refractivity (Wildman–Crippen MR) is 119 cm³/mol. The number of nitrogens with one attached hydrogen (secondary N) is 1. The molecule has 0 fully saturated rings. The van der Waals surface area contributed by atoms with Crippen molar-refractivity contribution < 1.29 is 0 Å². The lowest BCUT2D eigenvalue weighted by Gasteiger charge is -2.22. The molecule has 142 valence electrons. The Morgan fingerprint density at radius 3 is 2.64 bits per heavy atom. The molecule has 0 aliphatic rings. The SMILES string of the molecule is CC(c1nc2ccccc2s1)N(C)Cn1[nH]c(C=Cc2ccccc2)nc1=S. The molecule has 0 aliphatic heterocycles. The smallest absolute Gasteiger partial charge is 0.217 e. The third kappa shape index (κ3) is 4.11. The van der Waals surface area contributed by atoms with Crippen molar-refractivity contribution in [2.75, 3.05) is 7.05 Å². The van der Waals surface area contributed by atoms with E-state index < -0.39 is 0 Å². The summed E-state index contributed by atoms with van der Waals surface area (Å²) in [5.74, 6) is 0.745. The lowest BCUT2D eigenvalue weighted by atomic mass is 10.2. The van der Waals surface area contributed by atoms with Gasteiger partial charge < -0.3 is 0 Å². The number of benzene rings is 2. The Morgan fingerprint density at radius 1 is 1.11 bits per heavy atom. The molecule has 0 spiro atoms. The van der Waals surface area contributed by atoms with E-state index in [1.807, 2.05) is 47.2 Å². The molecule has 0 radical (unpaired) electrons. The Balaban J connectivity index is 1.48. The molecule has 2 heterocycles. The quantitative estimate of drug-likeness (QED) is 0.437. The van der Waals surface area contributed by atoms with Crippen LogP contribution in [-0.2, 0) is 6.67 Å². The molecule has 1 N–H and O–H groups in total. The molecule has 4 aromatic rings. The largest absolute Gasteiger partial charge is 0.278 e. The summed E-state index contributed by atoms with van der Waals surface area (Å²) in [6, 6.07) is 18.5. The average molecular weight is 408 g/mol. The zero-order valence-electron chi connectivity index (χ0n) is 15.7.